The van der Waals surface area contributed by atoms with Crippen LogP contribution in [0.3, 0.4) is 0 Å². The van der Waals surface area contributed by atoms with Gasteiger partial charge < -0.3 is 5.11 Å². The third-order valence-electron chi connectivity index (χ3n) is 5.27. The standard InChI is InChI=1S/C19H31NO/c1-3-20(4-2)19(15-8-9-16-19)18(21)14-10-13-17-11-6-5-7-12-17/h5-7,11-12,18,21H,3-4,8-10,13-16H2,1-2H3. The summed E-state index contributed by atoms with van der Waals surface area (Å²) in [5.41, 5.74) is 1.44. The van der Waals surface area contributed by atoms with Gasteiger partial charge in [0.2, 0.25) is 0 Å². The molecule has 0 aromatic heterocycles. The molecule has 2 heteroatoms. The van der Waals surface area contributed by atoms with Crippen molar-refractivity contribution in [3.8, 4) is 0 Å². The zero-order chi connectivity index (χ0) is 15.1. The molecule has 0 heterocycles. The van der Waals surface area contributed by atoms with Crippen molar-refractivity contribution >= 4 is 0 Å². The van der Waals surface area contributed by atoms with Crippen molar-refractivity contribution in [1.29, 1.82) is 0 Å². The second-order valence-electron chi connectivity index (χ2n) is 6.38. The van der Waals surface area contributed by atoms with Crippen LogP contribution in [0, 0.1) is 0 Å². The van der Waals surface area contributed by atoms with Crippen LogP contribution in [0.5, 0.6) is 0 Å². The molecule has 1 aromatic rings. The lowest BCUT2D eigenvalue weighted by atomic mass is 9.85. The number of hydrogen-bond acceptors (Lipinski definition) is 2. The molecule has 1 fully saturated rings. The maximum absolute atomic E-state index is 10.9. The summed E-state index contributed by atoms with van der Waals surface area (Å²) in [5.74, 6) is 0. The molecule has 1 atom stereocenters. The van der Waals surface area contributed by atoms with Gasteiger partial charge in [0.25, 0.3) is 0 Å². The molecule has 1 N–H and O–H groups in total. The Morgan fingerprint density at radius 3 is 2.29 bits per heavy atom. The first-order valence-electron chi connectivity index (χ1n) is 8.70. The van der Waals surface area contributed by atoms with Crippen LogP contribution >= 0.6 is 0 Å². The topological polar surface area (TPSA) is 23.5 Å². The quantitative estimate of drug-likeness (QED) is 0.781. The van der Waals surface area contributed by atoms with E-state index in [0.717, 1.165) is 32.4 Å². The molecular formula is C19H31NO. The van der Waals surface area contributed by atoms with Gasteiger partial charge in [-0.2, -0.15) is 0 Å². The molecule has 0 spiro atoms. The van der Waals surface area contributed by atoms with Crippen LogP contribution < -0.4 is 0 Å². The molecule has 0 saturated heterocycles. The lowest BCUT2D eigenvalue weighted by molar-refractivity contribution is -0.0298. The van der Waals surface area contributed by atoms with Gasteiger partial charge in [0, 0.05) is 5.54 Å². The third kappa shape index (κ3) is 3.87. The van der Waals surface area contributed by atoms with Gasteiger partial charge in [-0.05, 0) is 50.8 Å². The molecule has 1 unspecified atom stereocenters. The van der Waals surface area contributed by atoms with Gasteiger partial charge in [-0.1, -0.05) is 57.0 Å². The normalized spacial score (nSPS) is 19.0. The molecule has 1 aromatic carbocycles. The number of likely N-dealkylation sites (N-methyl/N-ethyl adjacent to an activating group) is 1. The SMILES string of the molecule is CCN(CC)C1(C(O)CCCc2ccccc2)CCCC1. The number of aryl methyl sites for hydroxylation is 1. The van der Waals surface area contributed by atoms with Crippen LogP contribution in [0.2, 0.25) is 0 Å². The van der Waals surface area contributed by atoms with Gasteiger partial charge in [0.15, 0.2) is 0 Å². The second-order valence-corrected chi connectivity index (χ2v) is 6.38. The number of aliphatic hydroxyl groups excluding tert-OH is 1. The van der Waals surface area contributed by atoms with E-state index in [1.165, 1.54) is 31.2 Å². The third-order valence-corrected chi connectivity index (χ3v) is 5.27. The van der Waals surface area contributed by atoms with Crippen LogP contribution in [-0.2, 0) is 6.42 Å². The van der Waals surface area contributed by atoms with E-state index in [4.69, 9.17) is 0 Å². The fraction of sp³-hybridized carbons (Fsp3) is 0.684. The summed E-state index contributed by atoms with van der Waals surface area (Å²) in [5, 5.41) is 10.9. The van der Waals surface area contributed by atoms with Crippen LogP contribution in [0.4, 0.5) is 0 Å². The van der Waals surface area contributed by atoms with Crippen LogP contribution in [0.1, 0.15) is 57.9 Å². The molecule has 1 aliphatic rings. The summed E-state index contributed by atoms with van der Waals surface area (Å²) in [6.07, 6.45) is 7.77. The Labute approximate surface area is 130 Å². The maximum Gasteiger partial charge on any atom is 0.0724 e. The molecule has 1 saturated carbocycles. The average Bonchev–Trinajstić information content (AvgIpc) is 3.00. The highest BCUT2D eigenvalue weighted by Crippen LogP contribution is 2.39. The van der Waals surface area contributed by atoms with Gasteiger partial charge in [-0.15, -0.1) is 0 Å². The first kappa shape index (κ1) is 16.5. The number of nitrogens with zero attached hydrogens (tertiary/aromatic N) is 1. The van der Waals surface area contributed by atoms with Crippen molar-refractivity contribution in [2.45, 2.75) is 70.4 Å². The molecular weight excluding hydrogens is 258 g/mol. The van der Waals surface area contributed by atoms with Gasteiger partial charge in [0.05, 0.1) is 6.10 Å². The summed E-state index contributed by atoms with van der Waals surface area (Å²) in [4.78, 5) is 2.51. The van der Waals surface area contributed by atoms with Crippen LogP contribution in [0.15, 0.2) is 30.3 Å². The molecule has 0 radical (unpaired) electrons. The summed E-state index contributed by atoms with van der Waals surface area (Å²) in [7, 11) is 0. The minimum absolute atomic E-state index is 0.0557. The lowest BCUT2D eigenvalue weighted by Crippen LogP contribution is -2.54. The molecule has 0 bridgehead atoms. The van der Waals surface area contributed by atoms with E-state index in [0.29, 0.717) is 0 Å². The Hall–Kier alpha value is -0.860. The minimum Gasteiger partial charge on any atom is -0.391 e. The van der Waals surface area contributed by atoms with Gasteiger partial charge >= 0.3 is 0 Å². The van der Waals surface area contributed by atoms with Gasteiger partial charge in [-0.3, -0.25) is 4.90 Å². The predicted molar refractivity (Wildman–Crippen MR) is 89.5 cm³/mol. The van der Waals surface area contributed by atoms with E-state index in [1.54, 1.807) is 0 Å². The van der Waals surface area contributed by atoms with Gasteiger partial charge in [0.1, 0.15) is 0 Å². The Morgan fingerprint density at radius 1 is 1.10 bits per heavy atom. The van der Waals surface area contributed by atoms with Crippen molar-refractivity contribution in [2.75, 3.05) is 13.1 Å². The van der Waals surface area contributed by atoms with Crippen molar-refractivity contribution < 1.29 is 5.11 Å². The largest absolute Gasteiger partial charge is 0.391 e. The van der Waals surface area contributed by atoms with E-state index in [-0.39, 0.29) is 11.6 Å². The molecule has 21 heavy (non-hydrogen) atoms. The Balaban J connectivity index is 1.91. The van der Waals surface area contributed by atoms with Crippen molar-refractivity contribution in [2.24, 2.45) is 0 Å². The first-order chi connectivity index (χ1) is 10.2. The van der Waals surface area contributed by atoms with E-state index in [1.807, 2.05) is 0 Å². The molecule has 1 aliphatic carbocycles. The van der Waals surface area contributed by atoms with E-state index < -0.39 is 0 Å². The summed E-state index contributed by atoms with van der Waals surface area (Å²) < 4.78 is 0. The number of benzene rings is 1. The monoisotopic (exact) mass is 289 g/mol. The average molecular weight is 289 g/mol. The molecule has 118 valence electrons. The highest BCUT2D eigenvalue weighted by Gasteiger charge is 2.43. The number of rotatable bonds is 8. The van der Waals surface area contributed by atoms with Gasteiger partial charge in [-0.25, -0.2) is 0 Å². The predicted octanol–water partition coefficient (Wildman–Crippen LogP) is 4.02. The lowest BCUT2D eigenvalue weighted by Gasteiger charge is -2.44. The Morgan fingerprint density at radius 2 is 1.71 bits per heavy atom. The minimum atomic E-state index is -0.177. The molecule has 2 nitrogen and oxygen atoms in total. The maximum atomic E-state index is 10.9. The molecule has 0 amide bonds. The summed E-state index contributed by atoms with van der Waals surface area (Å²) >= 11 is 0. The zero-order valence-electron chi connectivity index (χ0n) is 13.7. The van der Waals surface area contributed by atoms with E-state index >= 15 is 0 Å². The summed E-state index contributed by atoms with van der Waals surface area (Å²) in [6, 6.07) is 10.6. The number of hydrogen-bond donors (Lipinski definition) is 1. The van der Waals surface area contributed by atoms with Crippen molar-refractivity contribution in [3.63, 3.8) is 0 Å². The van der Waals surface area contributed by atoms with Crippen LogP contribution in [0.25, 0.3) is 0 Å². The Kier molecular flexibility index (Phi) is 6.25. The van der Waals surface area contributed by atoms with Crippen LogP contribution in [-0.4, -0.2) is 34.7 Å². The smallest absolute Gasteiger partial charge is 0.0724 e. The first-order valence-corrected chi connectivity index (χ1v) is 8.70. The Bertz CT molecular complexity index is 393. The zero-order valence-corrected chi connectivity index (χ0v) is 13.7. The van der Waals surface area contributed by atoms with E-state index in [9.17, 15) is 5.11 Å². The fourth-order valence-corrected chi connectivity index (χ4v) is 4.11. The fourth-order valence-electron chi connectivity index (χ4n) is 4.11. The van der Waals surface area contributed by atoms with E-state index in [2.05, 4.69) is 49.1 Å². The summed E-state index contributed by atoms with van der Waals surface area (Å²) in [6.45, 7) is 6.54. The second kappa shape index (κ2) is 7.95. The highest BCUT2D eigenvalue weighted by atomic mass is 16.3. The number of aliphatic hydroxyl groups is 1. The molecule has 0 aliphatic heterocycles. The van der Waals surface area contributed by atoms with Crippen molar-refractivity contribution in [3.05, 3.63) is 35.9 Å². The highest BCUT2D eigenvalue weighted by molar-refractivity contribution is 5.14. The van der Waals surface area contributed by atoms with Crippen molar-refractivity contribution in [1.82, 2.24) is 4.90 Å². The molecule has 2 rings (SSSR count).